The lowest BCUT2D eigenvalue weighted by atomic mass is 10.0. The first-order valence-electron chi connectivity index (χ1n) is 13.2. The molecule has 0 radical (unpaired) electrons. The summed E-state index contributed by atoms with van der Waals surface area (Å²) < 4.78 is 7.70. The number of aromatic nitrogens is 3. The highest BCUT2D eigenvalue weighted by molar-refractivity contribution is 8.19. The summed E-state index contributed by atoms with van der Waals surface area (Å²) in [5.74, 6) is -0.411. The van der Waals surface area contributed by atoms with E-state index in [-0.39, 0.29) is 49.7 Å². The van der Waals surface area contributed by atoms with E-state index in [0.717, 1.165) is 23.1 Å². The predicted octanol–water partition coefficient (Wildman–Crippen LogP) is 6.02. The Balaban J connectivity index is 1.40. The lowest BCUT2D eigenvalue weighted by molar-refractivity contribution is -0.385. The number of carbonyl (C=O) groups excluding carboxylic acids is 1. The van der Waals surface area contributed by atoms with Crippen molar-refractivity contribution in [3.05, 3.63) is 130 Å². The number of rotatable bonds is 7. The molecule has 0 unspecified atom stereocenters. The van der Waals surface area contributed by atoms with Crippen LogP contribution in [0.3, 0.4) is 0 Å². The van der Waals surface area contributed by atoms with Gasteiger partial charge >= 0.3 is 5.63 Å². The Hall–Kier alpha value is -6.40. The van der Waals surface area contributed by atoms with E-state index in [4.69, 9.17) is 4.42 Å². The van der Waals surface area contributed by atoms with Crippen LogP contribution in [0.15, 0.2) is 91.9 Å². The van der Waals surface area contributed by atoms with Crippen LogP contribution in [-0.4, -0.2) is 40.3 Å². The van der Waals surface area contributed by atoms with Crippen LogP contribution in [0, 0.1) is 30.3 Å². The van der Waals surface area contributed by atoms with Crippen molar-refractivity contribution in [2.45, 2.75) is 0 Å². The smallest absolute Gasteiger partial charge is 0.348 e. The number of nitrogens with zero attached hydrogens (tertiary/aromatic N) is 7. The third-order valence-electron chi connectivity index (χ3n) is 7.03. The SMILES string of the molecule is O=C1N=C(c2c(-c3ccc([N+](=O)[O-])cc3)c3sc4nnc(-c5ccc([N+](=O)[O-])cc5)n4c3oc2=O)S/C1=C/c1ccc([N+](=O)[O-])cc1. The summed E-state index contributed by atoms with van der Waals surface area (Å²) in [5.41, 5.74) is 0.290. The zero-order valence-electron chi connectivity index (χ0n) is 23.1. The maximum absolute atomic E-state index is 13.8. The minimum absolute atomic E-state index is 0.0203. The predicted molar refractivity (Wildman–Crippen MR) is 171 cm³/mol. The molecule has 3 aromatic heterocycles. The third-order valence-corrected chi connectivity index (χ3v) is 9.06. The normalized spacial score (nSPS) is 13.8. The fourth-order valence-corrected chi connectivity index (χ4v) is 6.88. The largest absolute Gasteiger partial charge is 0.404 e. The molecule has 0 atom stereocenters. The van der Waals surface area contributed by atoms with Gasteiger partial charge in [0, 0.05) is 47.5 Å². The molecule has 1 aliphatic heterocycles. The second-order valence-corrected chi connectivity index (χ2v) is 11.8. The lowest BCUT2D eigenvalue weighted by Gasteiger charge is -2.09. The topological polar surface area (TPSA) is 219 Å². The number of hydrogen-bond donors (Lipinski definition) is 0. The Morgan fingerprint density at radius 1 is 0.723 bits per heavy atom. The fraction of sp³-hybridized carbons (Fsp3) is 0. The van der Waals surface area contributed by atoms with E-state index in [0.29, 0.717) is 26.4 Å². The summed E-state index contributed by atoms with van der Waals surface area (Å²) in [6.45, 7) is 0. The Bertz CT molecular complexity index is 2450. The number of thioether (sulfide) groups is 1. The average Bonchev–Trinajstić information content (AvgIpc) is 3.74. The van der Waals surface area contributed by atoms with Gasteiger partial charge in [0.1, 0.15) is 15.3 Å². The van der Waals surface area contributed by atoms with Gasteiger partial charge in [0.2, 0.25) is 10.7 Å². The van der Waals surface area contributed by atoms with Crippen LogP contribution in [0.25, 0.3) is 44.0 Å². The zero-order valence-corrected chi connectivity index (χ0v) is 24.8. The molecule has 0 aliphatic carbocycles. The van der Waals surface area contributed by atoms with Crippen molar-refractivity contribution in [1.29, 1.82) is 0 Å². The maximum atomic E-state index is 13.8. The van der Waals surface area contributed by atoms with Gasteiger partial charge in [-0.15, -0.1) is 10.2 Å². The number of hydrogen-bond acceptors (Lipinski definition) is 13. The Morgan fingerprint density at radius 3 is 1.85 bits per heavy atom. The van der Waals surface area contributed by atoms with Crippen molar-refractivity contribution >= 4 is 72.6 Å². The molecule has 0 N–H and O–H groups in total. The second-order valence-electron chi connectivity index (χ2n) is 9.81. The van der Waals surface area contributed by atoms with Gasteiger partial charge in [0.15, 0.2) is 5.82 Å². The molecule has 0 saturated carbocycles. The highest BCUT2D eigenvalue weighted by atomic mass is 32.2. The number of fused-ring (bicyclic) bond motifs is 3. The van der Waals surface area contributed by atoms with Crippen LogP contribution in [0.2, 0.25) is 0 Å². The summed E-state index contributed by atoms with van der Waals surface area (Å²) >= 11 is 2.01. The first-order valence-corrected chi connectivity index (χ1v) is 14.8. The average molecular weight is 668 g/mol. The molecule has 6 aromatic rings. The molecule has 18 heteroatoms. The van der Waals surface area contributed by atoms with E-state index in [9.17, 15) is 39.9 Å². The second kappa shape index (κ2) is 11.2. The Labute approximate surface area is 267 Å². The molecule has 3 aromatic carbocycles. The maximum Gasteiger partial charge on any atom is 0.348 e. The van der Waals surface area contributed by atoms with Gasteiger partial charge in [-0.1, -0.05) is 23.1 Å². The first-order chi connectivity index (χ1) is 22.6. The van der Waals surface area contributed by atoms with Crippen molar-refractivity contribution in [2.24, 2.45) is 4.99 Å². The number of thiazole rings is 1. The Morgan fingerprint density at radius 2 is 1.28 bits per heavy atom. The number of nitro benzene ring substituents is 3. The van der Waals surface area contributed by atoms with Crippen LogP contribution in [-0.2, 0) is 4.79 Å². The van der Waals surface area contributed by atoms with Crippen molar-refractivity contribution in [1.82, 2.24) is 14.6 Å². The summed E-state index contributed by atoms with van der Waals surface area (Å²) in [6, 6.07) is 16.6. The van der Waals surface area contributed by atoms with E-state index in [1.54, 1.807) is 0 Å². The van der Waals surface area contributed by atoms with Crippen molar-refractivity contribution < 1.29 is 24.0 Å². The molecule has 1 amide bonds. The summed E-state index contributed by atoms with van der Waals surface area (Å²) in [5, 5.41) is 41.9. The molecule has 0 fully saturated rings. The minimum atomic E-state index is -0.871. The molecule has 0 bridgehead atoms. The van der Waals surface area contributed by atoms with Crippen LogP contribution in [0.4, 0.5) is 17.1 Å². The highest BCUT2D eigenvalue weighted by Crippen LogP contribution is 2.41. The summed E-state index contributed by atoms with van der Waals surface area (Å²) in [6.07, 6.45) is 1.49. The molecule has 47 heavy (non-hydrogen) atoms. The van der Waals surface area contributed by atoms with E-state index in [2.05, 4.69) is 15.2 Å². The van der Waals surface area contributed by atoms with Gasteiger partial charge in [-0.3, -0.25) is 35.1 Å². The number of benzene rings is 3. The lowest BCUT2D eigenvalue weighted by Crippen LogP contribution is -2.14. The van der Waals surface area contributed by atoms with Gasteiger partial charge in [-0.25, -0.2) is 14.2 Å². The number of non-ortho nitro benzene ring substituents is 3. The number of aliphatic imine (C=N–C) groups is 1. The van der Waals surface area contributed by atoms with Gasteiger partial charge in [-0.05, 0) is 53.6 Å². The molecule has 7 rings (SSSR count). The zero-order chi connectivity index (χ0) is 33.0. The first kappa shape index (κ1) is 29.3. The molecular weight excluding hydrogens is 654 g/mol. The van der Waals surface area contributed by atoms with Crippen LogP contribution in [0.5, 0.6) is 0 Å². The van der Waals surface area contributed by atoms with Crippen LogP contribution >= 0.6 is 23.1 Å². The quantitative estimate of drug-likeness (QED) is 0.108. The number of amides is 1. The highest BCUT2D eigenvalue weighted by Gasteiger charge is 2.31. The third kappa shape index (κ3) is 5.12. The van der Waals surface area contributed by atoms with E-state index < -0.39 is 26.3 Å². The molecule has 16 nitrogen and oxygen atoms in total. The van der Waals surface area contributed by atoms with E-state index in [1.807, 2.05) is 0 Å². The van der Waals surface area contributed by atoms with Crippen molar-refractivity contribution in [3.8, 4) is 22.5 Å². The molecule has 0 spiro atoms. The fourth-order valence-electron chi connectivity index (χ4n) is 4.86. The molecular formula is C29H13N7O9S2. The van der Waals surface area contributed by atoms with Gasteiger partial charge in [-0.2, -0.15) is 0 Å². The molecule has 230 valence electrons. The van der Waals surface area contributed by atoms with E-state index >= 15 is 0 Å². The van der Waals surface area contributed by atoms with Gasteiger partial charge < -0.3 is 4.42 Å². The van der Waals surface area contributed by atoms with Crippen molar-refractivity contribution in [3.63, 3.8) is 0 Å². The molecule has 0 saturated heterocycles. The summed E-state index contributed by atoms with van der Waals surface area (Å²) in [4.78, 5) is 63.3. The molecule has 4 heterocycles. The summed E-state index contributed by atoms with van der Waals surface area (Å²) in [7, 11) is 0. The number of nitro groups is 3. The minimum Gasteiger partial charge on any atom is -0.404 e. The van der Waals surface area contributed by atoms with Crippen LogP contribution < -0.4 is 5.63 Å². The van der Waals surface area contributed by atoms with E-state index in [1.165, 1.54) is 83.3 Å². The monoisotopic (exact) mass is 667 g/mol. The molecule has 1 aliphatic rings. The van der Waals surface area contributed by atoms with Gasteiger partial charge in [0.25, 0.3) is 23.0 Å². The van der Waals surface area contributed by atoms with Gasteiger partial charge in [0.05, 0.1) is 19.7 Å². The Kier molecular flexibility index (Phi) is 6.98. The standard InChI is InChI=1S/C29H13N7O9S2/c37-25-20(13-14-1-7-17(8-2-14)34(39)40)46-26(30-25)22-21(15-3-9-18(10-4-15)35(41)42)23-27(45-28(22)38)33-24(31-32-29(33)47-23)16-5-11-19(12-6-16)36(43)44/h1-13H/b20-13+. The van der Waals surface area contributed by atoms with Crippen molar-refractivity contribution in [2.75, 3.05) is 0 Å². The number of carbonyl (C=O) groups is 1. The van der Waals surface area contributed by atoms with Crippen LogP contribution in [0.1, 0.15) is 11.1 Å².